The predicted molar refractivity (Wildman–Crippen MR) is 90.6 cm³/mol. The number of aliphatic hydroxyl groups is 1. The van der Waals surface area contributed by atoms with Crippen LogP contribution in [0.4, 0.5) is 0 Å². The molecule has 0 amide bonds. The zero-order valence-electron chi connectivity index (χ0n) is 13.9. The number of rotatable bonds is 8. The first-order valence-electron chi connectivity index (χ1n) is 7.41. The van der Waals surface area contributed by atoms with Gasteiger partial charge in [-0.2, -0.15) is 0 Å². The van der Waals surface area contributed by atoms with Gasteiger partial charge < -0.3 is 9.84 Å². The highest BCUT2D eigenvalue weighted by atomic mass is 32.1. The Balaban J connectivity index is 2.10. The second kappa shape index (κ2) is 7.83. The van der Waals surface area contributed by atoms with E-state index in [-0.39, 0.29) is 18.9 Å². The molecule has 0 aliphatic carbocycles. The van der Waals surface area contributed by atoms with Crippen molar-refractivity contribution in [2.75, 3.05) is 33.9 Å². The fraction of sp³-hybridized carbons (Fsp3) is 0.500. The highest BCUT2D eigenvalue weighted by Crippen LogP contribution is 2.22. The lowest BCUT2D eigenvalue weighted by atomic mass is 10.1. The maximum Gasteiger partial charge on any atom is 0.193 e. The Kier molecular flexibility index (Phi) is 6.06. The second-order valence-corrected chi connectivity index (χ2v) is 6.54. The van der Waals surface area contributed by atoms with Gasteiger partial charge in [0.1, 0.15) is 0 Å². The molecule has 1 unspecified atom stereocenters. The Labute approximate surface area is 140 Å². The van der Waals surface area contributed by atoms with E-state index in [1.165, 1.54) is 0 Å². The average Bonchev–Trinajstić information content (AvgIpc) is 3.06. The quantitative estimate of drug-likeness (QED) is 0.742. The van der Waals surface area contributed by atoms with Gasteiger partial charge in [0.15, 0.2) is 10.9 Å². The van der Waals surface area contributed by atoms with Gasteiger partial charge in [0.2, 0.25) is 0 Å². The van der Waals surface area contributed by atoms with Crippen molar-refractivity contribution in [2.24, 2.45) is 0 Å². The number of likely N-dealkylation sites (N-methyl/N-ethyl adjacent to an activating group) is 1. The highest BCUT2D eigenvalue weighted by molar-refractivity contribution is 7.12. The minimum Gasteiger partial charge on any atom is -0.389 e. The summed E-state index contributed by atoms with van der Waals surface area (Å²) in [5.41, 5.74) is 2.59. The first-order valence-corrected chi connectivity index (χ1v) is 8.29. The number of Topliss-reactive ketones (excluding diaryl/α,β-unsaturated/α-hetero) is 1. The summed E-state index contributed by atoms with van der Waals surface area (Å²) in [4.78, 5) is 18.7. The van der Waals surface area contributed by atoms with Crippen LogP contribution in [0.1, 0.15) is 21.7 Å². The number of hydrogen-bond donors (Lipinski definition) is 1. The van der Waals surface area contributed by atoms with Gasteiger partial charge in [0.05, 0.1) is 19.3 Å². The SMILES string of the molecule is COCC(O)CN(C)CC(=O)c1cc(C)n(-c2nccs2)c1C. The molecule has 0 aromatic carbocycles. The molecule has 23 heavy (non-hydrogen) atoms. The van der Waals surface area contributed by atoms with E-state index in [2.05, 4.69) is 4.98 Å². The van der Waals surface area contributed by atoms with Crippen molar-refractivity contribution >= 4 is 17.1 Å². The molecular weight excluding hydrogens is 314 g/mol. The number of hydrogen-bond acceptors (Lipinski definition) is 6. The molecule has 2 rings (SSSR count). The number of thiazole rings is 1. The minimum absolute atomic E-state index is 0.0352. The lowest BCUT2D eigenvalue weighted by Gasteiger charge is -2.19. The first kappa shape index (κ1) is 17.8. The summed E-state index contributed by atoms with van der Waals surface area (Å²) in [6.07, 6.45) is 1.16. The van der Waals surface area contributed by atoms with E-state index < -0.39 is 6.10 Å². The van der Waals surface area contributed by atoms with E-state index in [4.69, 9.17) is 4.74 Å². The number of ether oxygens (including phenoxy) is 1. The molecule has 7 heteroatoms. The van der Waals surface area contributed by atoms with Gasteiger partial charge in [-0.1, -0.05) is 0 Å². The molecule has 0 saturated heterocycles. The predicted octanol–water partition coefficient (Wildman–Crippen LogP) is 1.67. The van der Waals surface area contributed by atoms with Crippen LogP contribution in [0.2, 0.25) is 0 Å². The normalized spacial score (nSPS) is 12.8. The van der Waals surface area contributed by atoms with Gasteiger partial charge in [-0.15, -0.1) is 11.3 Å². The standard InChI is InChI=1S/C16H23N3O3S/c1-11-7-14(12(2)19(11)16-17-5-6-23-16)15(21)9-18(3)8-13(20)10-22-4/h5-7,13,20H,8-10H2,1-4H3. The third-order valence-electron chi connectivity index (χ3n) is 3.64. The summed E-state index contributed by atoms with van der Waals surface area (Å²) in [7, 11) is 3.36. The van der Waals surface area contributed by atoms with Crippen molar-refractivity contribution in [3.63, 3.8) is 0 Å². The van der Waals surface area contributed by atoms with Gasteiger partial charge in [0, 0.05) is 42.2 Å². The first-order chi connectivity index (χ1) is 10.9. The van der Waals surface area contributed by atoms with Crippen LogP contribution in [0, 0.1) is 13.8 Å². The fourth-order valence-electron chi connectivity index (χ4n) is 2.67. The summed E-state index contributed by atoms with van der Waals surface area (Å²) in [5.74, 6) is 0.0352. The smallest absolute Gasteiger partial charge is 0.193 e. The van der Waals surface area contributed by atoms with Crippen LogP contribution in [0.25, 0.3) is 5.13 Å². The number of aromatic nitrogens is 2. The molecular formula is C16H23N3O3S. The molecule has 0 saturated carbocycles. The number of carbonyl (C=O) groups is 1. The Morgan fingerprint density at radius 2 is 2.26 bits per heavy atom. The number of aryl methyl sites for hydroxylation is 1. The molecule has 2 aromatic heterocycles. The van der Waals surface area contributed by atoms with Crippen molar-refractivity contribution < 1.29 is 14.6 Å². The fourth-order valence-corrected chi connectivity index (χ4v) is 3.42. The molecule has 0 aliphatic heterocycles. The molecule has 0 aliphatic rings. The van der Waals surface area contributed by atoms with Gasteiger partial charge in [-0.3, -0.25) is 14.3 Å². The third kappa shape index (κ3) is 4.26. The third-order valence-corrected chi connectivity index (χ3v) is 4.39. The van der Waals surface area contributed by atoms with E-state index in [0.29, 0.717) is 12.1 Å². The topological polar surface area (TPSA) is 67.6 Å². The minimum atomic E-state index is -0.597. The molecule has 0 spiro atoms. The van der Waals surface area contributed by atoms with E-state index in [1.54, 1.807) is 24.6 Å². The summed E-state index contributed by atoms with van der Waals surface area (Å²) in [6, 6.07) is 1.90. The maximum absolute atomic E-state index is 12.6. The Morgan fingerprint density at radius 3 is 2.87 bits per heavy atom. The number of methoxy groups -OCH3 is 1. The van der Waals surface area contributed by atoms with E-state index in [0.717, 1.165) is 16.5 Å². The summed E-state index contributed by atoms with van der Waals surface area (Å²) >= 11 is 1.54. The molecule has 2 aromatic rings. The Bertz CT molecular complexity index is 652. The van der Waals surface area contributed by atoms with E-state index in [9.17, 15) is 9.90 Å². The van der Waals surface area contributed by atoms with Gasteiger partial charge >= 0.3 is 0 Å². The van der Waals surface area contributed by atoms with Crippen molar-refractivity contribution in [1.29, 1.82) is 0 Å². The molecule has 0 radical (unpaired) electrons. The van der Waals surface area contributed by atoms with Crippen molar-refractivity contribution in [3.8, 4) is 5.13 Å². The summed E-state index contributed by atoms with van der Waals surface area (Å²) < 4.78 is 6.90. The molecule has 6 nitrogen and oxygen atoms in total. The van der Waals surface area contributed by atoms with Crippen molar-refractivity contribution in [3.05, 3.63) is 34.6 Å². The lowest BCUT2D eigenvalue weighted by molar-refractivity contribution is 0.0427. The lowest BCUT2D eigenvalue weighted by Crippen LogP contribution is -2.35. The van der Waals surface area contributed by atoms with E-state index in [1.807, 2.05) is 41.8 Å². The number of nitrogens with zero attached hydrogens (tertiary/aromatic N) is 3. The summed E-state index contributed by atoms with van der Waals surface area (Å²) in [5, 5.41) is 12.5. The van der Waals surface area contributed by atoms with Crippen LogP contribution in [-0.2, 0) is 4.74 Å². The number of aliphatic hydroxyl groups excluding tert-OH is 1. The van der Waals surface area contributed by atoms with Crippen molar-refractivity contribution in [1.82, 2.24) is 14.5 Å². The van der Waals surface area contributed by atoms with Crippen LogP contribution < -0.4 is 0 Å². The zero-order valence-corrected chi connectivity index (χ0v) is 14.8. The van der Waals surface area contributed by atoms with Crippen LogP contribution in [0.3, 0.4) is 0 Å². The second-order valence-electron chi connectivity index (χ2n) is 5.66. The molecule has 0 fully saturated rings. The van der Waals surface area contributed by atoms with Gasteiger partial charge in [0.25, 0.3) is 0 Å². The highest BCUT2D eigenvalue weighted by Gasteiger charge is 2.19. The Morgan fingerprint density at radius 1 is 1.52 bits per heavy atom. The monoisotopic (exact) mass is 337 g/mol. The molecule has 126 valence electrons. The van der Waals surface area contributed by atoms with Crippen LogP contribution in [0.5, 0.6) is 0 Å². The largest absolute Gasteiger partial charge is 0.389 e. The number of ketones is 1. The van der Waals surface area contributed by atoms with E-state index >= 15 is 0 Å². The van der Waals surface area contributed by atoms with Crippen LogP contribution in [0.15, 0.2) is 17.6 Å². The van der Waals surface area contributed by atoms with Gasteiger partial charge in [-0.05, 0) is 27.0 Å². The zero-order chi connectivity index (χ0) is 17.0. The number of carbonyl (C=O) groups excluding carboxylic acids is 1. The van der Waals surface area contributed by atoms with Crippen LogP contribution in [-0.4, -0.2) is 65.3 Å². The maximum atomic E-state index is 12.6. The Hall–Kier alpha value is -1.54. The van der Waals surface area contributed by atoms with Gasteiger partial charge in [-0.25, -0.2) is 4.98 Å². The summed E-state index contributed by atoms with van der Waals surface area (Å²) in [6.45, 7) is 4.81. The molecule has 0 bridgehead atoms. The average molecular weight is 337 g/mol. The molecule has 1 atom stereocenters. The van der Waals surface area contributed by atoms with Crippen molar-refractivity contribution in [2.45, 2.75) is 20.0 Å². The van der Waals surface area contributed by atoms with Crippen LogP contribution >= 0.6 is 11.3 Å². The molecule has 1 N–H and O–H groups in total. The molecule has 2 heterocycles.